The normalized spacial score (nSPS) is 16.7. The van der Waals surface area contributed by atoms with Gasteiger partial charge >= 0.3 is 5.97 Å². The molecule has 0 radical (unpaired) electrons. The van der Waals surface area contributed by atoms with Crippen molar-refractivity contribution < 1.29 is 14.3 Å². The van der Waals surface area contributed by atoms with Crippen LogP contribution in [0.2, 0.25) is 0 Å². The van der Waals surface area contributed by atoms with Gasteiger partial charge in [0.25, 0.3) is 5.56 Å². The molecule has 2 aromatic heterocycles. The number of hydrogen-bond donors (Lipinski definition) is 0. The molecule has 1 atom stereocenters. The fourth-order valence-electron chi connectivity index (χ4n) is 3.12. The number of carbonyl (C=O) groups is 2. The van der Waals surface area contributed by atoms with Crippen LogP contribution in [0.1, 0.15) is 12.1 Å². The molecule has 4 rings (SSSR count). The predicted octanol–water partition coefficient (Wildman–Crippen LogP) is 2.57. The molecule has 1 aliphatic heterocycles. The Balaban J connectivity index is 1.42. The molecule has 1 aliphatic rings. The van der Waals surface area contributed by atoms with Crippen molar-refractivity contribution in [1.29, 1.82) is 0 Å². The van der Waals surface area contributed by atoms with Crippen LogP contribution < -0.4 is 10.5 Å². The van der Waals surface area contributed by atoms with E-state index in [1.165, 1.54) is 21.8 Å². The van der Waals surface area contributed by atoms with Crippen molar-refractivity contribution in [3.8, 4) is 0 Å². The topological polar surface area (TPSA) is 81.0 Å². The summed E-state index contributed by atoms with van der Waals surface area (Å²) >= 11 is 2.93. The van der Waals surface area contributed by atoms with Crippen LogP contribution in [0, 0.1) is 5.92 Å². The van der Waals surface area contributed by atoms with E-state index in [1.54, 1.807) is 28.2 Å². The zero-order valence-electron chi connectivity index (χ0n) is 15.0. The summed E-state index contributed by atoms with van der Waals surface area (Å²) in [5.41, 5.74) is 0.966. The highest BCUT2D eigenvalue weighted by Gasteiger charge is 2.36. The molecule has 0 N–H and O–H groups in total. The highest BCUT2D eigenvalue weighted by Crippen LogP contribution is 2.28. The summed E-state index contributed by atoms with van der Waals surface area (Å²) in [5.74, 6) is -1.08. The molecule has 1 amide bonds. The first-order chi connectivity index (χ1) is 13.5. The number of esters is 1. The standard InChI is InChI=1S/C19H17N3O4S2/c1-27-15-4-2-3-14(9-15)22-10-12(7-16(22)23)18(25)26-11-13-8-17(24)21-5-6-28-19(21)20-13/h2-6,8-9,12H,7,10-11H2,1H3/t12-/m1/s1. The van der Waals surface area contributed by atoms with E-state index in [4.69, 9.17) is 4.74 Å². The highest BCUT2D eigenvalue weighted by molar-refractivity contribution is 7.98. The first kappa shape index (κ1) is 18.7. The molecule has 0 aliphatic carbocycles. The molecular formula is C19H17N3O4S2. The van der Waals surface area contributed by atoms with Crippen LogP contribution in [0.4, 0.5) is 5.69 Å². The van der Waals surface area contributed by atoms with Crippen LogP contribution in [0.15, 0.2) is 51.6 Å². The minimum atomic E-state index is -0.531. The molecular weight excluding hydrogens is 398 g/mol. The minimum Gasteiger partial charge on any atom is -0.459 e. The van der Waals surface area contributed by atoms with Gasteiger partial charge in [-0.1, -0.05) is 6.07 Å². The number of amides is 1. The van der Waals surface area contributed by atoms with E-state index in [-0.39, 0.29) is 31.0 Å². The van der Waals surface area contributed by atoms with Crippen molar-refractivity contribution in [2.45, 2.75) is 17.9 Å². The predicted molar refractivity (Wildman–Crippen MR) is 108 cm³/mol. The summed E-state index contributed by atoms with van der Waals surface area (Å²) in [6.07, 6.45) is 3.73. The van der Waals surface area contributed by atoms with E-state index in [9.17, 15) is 14.4 Å². The quantitative estimate of drug-likeness (QED) is 0.471. The van der Waals surface area contributed by atoms with E-state index in [0.29, 0.717) is 10.7 Å². The van der Waals surface area contributed by atoms with Gasteiger partial charge in [0, 0.05) is 41.2 Å². The number of hydrogen-bond acceptors (Lipinski definition) is 7. The number of anilines is 1. The minimum absolute atomic E-state index is 0.0882. The summed E-state index contributed by atoms with van der Waals surface area (Å²) in [6, 6.07) is 9.02. The number of carbonyl (C=O) groups excluding carboxylic acids is 2. The number of rotatable bonds is 5. The maximum absolute atomic E-state index is 12.4. The van der Waals surface area contributed by atoms with Crippen molar-refractivity contribution in [2.75, 3.05) is 17.7 Å². The van der Waals surface area contributed by atoms with Gasteiger partial charge in [-0.2, -0.15) is 0 Å². The lowest BCUT2D eigenvalue weighted by molar-refractivity contribution is -0.149. The maximum atomic E-state index is 12.4. The maximum Gasteiger partial charge on any atom is 0.311 e. The molecule has 144 valence electrons. The van der Waals surface area contributed by atoms with Crippen molar-refractivity contribution in [2.24, 2.45) is 5.92 Å². The second-order valence-corrected chi connectivity index (χ2v) is 8.11. The summed E-state index contributed by atoms with van der Waals surface area (Å²) in [6.45, 7) is 0.199. The summed E-state index contributed by atoms with van der Waals surface area (Å²) in [4.78, 5) is 44.4. The smallest absolute Gasteiger partial charge is 0.311 e. The largest absolute Gasteiger partial charge is 0.459 e. The molecule has 0 spiro atoms. The Labute approximate surface area is 169 Å². The van der Waals surface area contributed by atoms with Gasteiger partial charge in [0.05, 0.1) is 11.6 Å². The molecule has 1 fully saturated rings. The first-order valence-electron chi connectivity index (χ1n) is 8.62. The van der Waals surface area contributed by atoms with Crippen molar-refractivity contribution in [3.05, 3.63) is 58.0 Å². The molecule has 1 saturated heterocycles. The van der Waals surface area contributed by atoms with E-state index in [1.807, 2.05) is 30.5 Å². The Morgan fingerprint density at radius 1 is 1.36 bits per heavy atom. The number of thiazole rings is 1. The molecule has 3 heterocycles. The second kappa shape index (κ2) is 7.76. The Morgan fingerprint density at radius 3 is 3.04 bits per heavy atom. The zero-order valence-corrected chi connectivity index (χ0v) is 16.7. The molecule has 0 saturated carbocycles. The lowest BCUT2D eigenvalue weighted by Gasteiger charge is -2.17. The molecule has 7 nitrogen and oxygen atoms in total. The number of nitrogens with zero attached hydrogens (tertiary/aromatic N) is 3. The fraction of sp³-hybridized carbons (Fsp3) is 0.263. The Morgan fingerprint density at radius 2 is 2.21 bits per heavy atom. The highest BCUT2D eigenvalue weighted by atomic mass is 32.2. The van der Waals surface area contributed by atoms with E-state index in [2.05, 4.69) is 4.98 Å². The molecule has 0 unspecified atom stereocenters. The third-order valence-electron chi connectivity index (χ3n) is 4.54. The van der Waals surface area contributed by atoms with Crippen LogP contribution in [-0.4, -0.2) is 34.1 Å². The van der Waals surface area contributed by atoms with Crippen LogP contribution in [0.3, 0.4) is 0 Å². The monoisotopic (exact) mass is 415 g/mol. The van der Waals surface area contributed by atoms with Crippen molar-refractivity contribution >= 4 is 45.6 Å². The number of aromatic nitrogens is 2. The third kappa shape index (κ3) is 3.67. The molecule has 0 bridgehead atoms. The van der Waals surface area contributed by atoms with Crippen LogP contribution in [0.5, 0.6) is 0 Å². The second-order valence-electron chi connectivity index (χ2n) is 6.36. The van der Waals surface area contributed by atoms with Gasteiger partial charge in [0.2, 0.25) is 5.91 Å². The van der Waals surface area contributed by atoms with Gasteiger partial charge in [-0.05, 0) is 24.5 Å². The Kier molecular flexibility index (Phi) is 5.19. The molecule has 1 aromatic carbocycles. The number of thioether (sulfide) groups is 1. The summed E-state index contributed by atoms with van der Waals surface area (Å²) < 4.78 is 6.78. The SMILES string of the molecule is CSc1cccc(N2C[C@H](C(=O)OCc3cc(=O)n4ccsc4n3)CC2=O)c1. The third-order valence-corrected chi connectivity index (χ3v) is 6.02. The molecule has 9 heteroatoms. The van der Waals surface area contributed by atoms with E-state index >= 15 is 0 Å². The number of benzene rings is 1. The molecule has 3 aromatic rings. The Bertz CT molecular complexity index is 1110. The van der Waals surface area contributed by atoms with E-state index in [0.717, 1.165) is 10.6 Å². The lowest BCUT2D eigenvalue weighted by Crippen LogP contribution is -2.26. The Hall–Kier alpha value is -2.65. The van der Waals surface area contributed by atoms with Gasteiger partial charge in [0.1, 0.15) is 6.61 Å². The lowest BCUT2D eigenvalue weighted by atomic mass is 10.1. The summed E-state index contributed by atoms with van der Waals surface area (Å²) in [7, 11) is 0. The van der Waals surface area contributed by atoms with Gasteiger partial charge in [-0.15, -0.1) is 23.1 Å². The van der Waals surface area contributed by atoms with Crippen molar-refractivity contribution in [3.63, 3.8) is 0 Å². The van der Waals surface area contributed by atoms with E-state index < -0.39 is 11.9 Å². The first-order valence-corrected chi connectivity index (χ1v) is 10.7. The van der Waals surface area contributed by atoms with Crippen LogP contribution in [-0.2, 0) is 20.9 Å². The van der Waals surface area contributed by atoms with Crippen molar-refractivity contribution in [1.82, 2.24) is 9.38 Å². The molecule has 28 heavy (non-hydrogen) atoms. The van der Waals surface area contributed by atoms with Gasteiger partial charge < -0.3 is 9.64 Å². The van der Waals surface area contributed by atoms with Crippen LogP contribution >= 0.6 is 23.1 Å². The average molecular weight is 415 g/mol. The zero-order chi connectivity index (χ0) is 19.7. The fourth-order valence-corrected chi connectivity index (χ4v) is 4.31. The number of ether oxygens (including phenoxy) is 1. The number of fused-ring (bicyclic) bond motifs is 1. The van der Waals surface area contributed by atoms with Crippen LogP contribution in [0.25, 0.3) is 4.96 Å². The summed E-state index contributed by atoms with van der Waals surface area (Å²) in [5, 5.41) is 1.77. The van der Waals surface area contributed by atoms with Gasteiger partial charge in [0.15, 0.2) is 4.96 Å². The van der Waals surface area contributed by atoms with Gasteiger partial charge in [-0.3, -0.25) is 18.8 Å². The van der Waals surface area contributed by atoms with Gasteiger partial charge in [-0.25, -0.2) is 4.98 Å². The average Bonchev–Trinajstić information content (AvgIpc) is 3.33.